The van der Waals surface area contributed by atoms with Crippen molar-refractivity contribution < 1.29 is 9.90 Å². The Morgan fingerprint density at radius 2 is 2.21 bits per heavy atom. The van der Waals surface area contributed by atoms with Gasteiger partial charge in [0.2, 0.25) is 5.91 Å². The van der Waals surface area contributed by atoms with Gasteiger partial charge in [0.25, 0.3) is 0 Å². The van der Waals surface area contributed by atoms with Crippen LogP contribution >= 0.6 is 0 Å². The Morgan fingerprint density at radius 1 is 1.57 bits per heavy atom. The van der Waals surface area contributed by atoms with E-state index in [0.717, 1.165) is 6.42 Å². The molecule has 0 saturated heterocycles. The molecule has 0 aromatic carbocycles. The molecule has 0 rings (SSSR count). The van der Waals surface area contributed by atoms with Crippen molar-refractivity contribution in [2.24, 2.45) is 0 Å². The largest absolute Gasteiger partial charge is 0.396 e. The van der Waals surface area contributed by atoms with Crippen LogP contribution in [0.2, 0.25) is 0 Å². The summed E-state index contributed by atoms with van der Waals surface area (Å²) in [5.41, 5.74) is 0. The third kappa shape index (κ3) is 5.02. The van der Waals surface area contributed by atoms with Crippen molar-refractivity contribution in [3.05, 3.63) is 12.7 Å². The SMILES string of the molecule is C=CCCC(=O)N(CCCO)C(C)C. The second-order valence-corrected chi connectivity index (χ2v) is 3.59. The third-order valence-electron chi connectivity index (χ3n) is 2.06. The lowest BCUT2D eigenvalue weighted by molar-refractivity contribution is -0.132. The van der Waals surface area contributed by atoms with Gasteiger partial charge in [0.05, 0.1) is 0 Å². The molecule has 0 aromatic heterocycles. The number of nitrogens with zero attached hydrogens (tertiary/aromatic N) is 1. The van der Waals surface area contributed by atoms with Crippen LogP contribution in [0.5, 0.6) is 0 Å². The van der Waals surface area contributed by atoms with Crippen LogP contribution < -0.4 is 0 Å². The van der Waals surface area contributed by atoms with Gasteiger partial charge >= 0.3 is 0 Å². The predicted molar refractivity (Wildman–Crippen MR) is 58.0 cm³/mol. The molecule has 0 aliphatic carbocycles. The lowest BCUT2D eigenvalue weighted by Gasteiger charge is -2.26. The van der Waals surface area contributed by atoms with E-state index in [1.165, 1.54) is 0 Å². The summed E-state index contributed by atoms with van der Waals surface area (Å²) in [4.78, 5) is 13.5. The van der Waals surface area contributed by atoms with E-state index in [2.05, 4.69) is 6.58 Å². The average molecular weight is 199 g/mol. The van der Waals surface area contributed by atoms with Crippen molar-refractivity contribution in [2.75, 3.05) is 13.2 Å². The zero-order chi connectivity index (χ0) is 11.0. The maximum Gasteiger partial charge on any atom is 0.223 e. The molecular formula is C11H21NO2. The normalized spacial score (nSPS) is 10.3. The van der Waals surface area contributed by atoms with E-state index in [-0.39, 0.29) is 18.6 Å². The molecule has 3 nitrogen and oxygen atoms in total. The second-order valence-electron chi connectivity index (χ2n) is 3.59. The number of carbonyl (C=O) groups excluding carboxylic acids is 1. The Bertz CT molecular complexity index is 178. The highest BCUT2D eigenvalue weighted by Crippen LogP contribution is 2.05. The molecule has 0 aromatic rings. The molecule has 14 heavy (non-hydrogen) atoms. The van der Waals surface area contributed by atoms with Crippen LogP contribution in [0.4, 0.5) is 0 Å². The van der Waals surface area contributed by atoms with Crippen LogP contribution in [0, 0.1) is 0 Å². The lowest BCUT2D eigenvalue weighted by Crippen LogP contribution is -2.37. The van der Waals surface area contributed by atoms with Gasteiger partial charge in [-0.1, -0.05) is 6.08 Å². The topological polar surface area (TPSA) is 40.5 Å². The fraction of sp³-hybridized carbons (Fsp3) is 0.727. The number of allylic oxidation sites excluding steroid dienone is 1. The molecule has 1 N–H and O–H groups in total. The molecule has 82 valence electrons. The van der Waals surface area contributed by atoms with Gasteiger partial charge in [-0.3, -0.25) is 4.79 Å². The highest BCUT2D eigenvalue weighted by molar-refractivity contribution is 5.76. The number of carbonyl (C=O) groups is 1. The summed E-state index contributed by atoms with van der Waals surface area (Å²) in [6.07, 6.45) is 3.65. The van der Waals surface area contributed by atoms with Gasteiger partial charge in [-0.15, -0.1) is 6.58 Å². The van der Waals surface area contributed by atoms with Gasteiger partial charge < -0.3 is 10.0 Å². The maximum atomic E-state index is 11.6. The summed E-state index contributed by atoms with van der Waals surface area (Å²) < 4.78 is 0. The summed E-state index contributed by atoms with van der Waals surface area (Å²) in [5.74, 6) is 0.147. The van der Waals surface area contributed by atoms with E-state index in [1.807, 2.05) is 13.8 Å². The minimum absolute atomic E-state index is 0.137. The van der Waals surface area contributed by atoms with Crippen molar-refractivity contribution >= 4 is 5.91 Å². The van der Waals surface area contributed by atoms with Crippen LogP contribution in [0.25, 0.3) is 0 Å². The summed E-state index contributed by atoms with van der Waals surface area (Å²) in [7, 11) is 0. The van der Waals surface area contributed by atoms with Gasteiger partial charge in [0.1, 0.15) is 0 Å². The molecule has 0 saturated carbocycles. The summed E-state index contributed by atoms with van der Waals surface area (Å²) in [6.45, 7) is 8.35. The molecule has 0 fully saturated rings. The fourth-order valence-corrected chi connectivity index (χ4v) is 1.28. The first kappa shape index (κ1) is 13.2. The second kappa shape index (κ2) is 7.56. The first-order valence-corrected chi connectivity index (χ1v) is 5.14. The molecule has 0 aliphatic rings. The first-order chi connectivity index (χ1) is 6.63. The molecule has 0 bridgehead atoms. The Morgan fingerprint density at radius 3 is 2.64 bits per heavy atom. The van der Waals surface area contributed by atoms with Crippen molar-refractivity contribution in [1.82, 2.24) is 4.90 Å². The Hall–Kier alpha value is -0.830. The molecule has 0 atom stereocenters. The van der Waals surface area contributed by atoms with Gasteiger partial charge in [-0.05, 0) is 26.7 Å². The number of aliphatic hydroxyl groups is 1. The average Bonchev–Trinajstić information content (AvgIpc) is 2.14. The minimum Gasteiger partial charge on any atom is -0.396 e. The zero-order valence-electron chi connectivity index (χ0n) is 9.20. The Kier molecular flexibility index (Phi) is 7.11. The number of rotatable bonds is 7. The number of hydrogen-bond acceptors (Lipinski definition) is 2. The first-order valence-electron chi connectivity index (χ1n) is 5.14. The molecule has 0 unspecified atom stereocenters. The molecule has 0 aliphatic heterocycles. The highest BCUT2D eigenvalue weighted by atomic mass is 16.3. The molecule has 0 heterocycles. The minimum atomic E-state index is 0.137. The van der Waals surface area contributed by atoms with Crippen molar-refractivity contribution in [3.8, 4) is 0 Å². The molecular weight excluding hydrogens is 178 g/mol. The number of hydrogen-bond donors (Lipinski definition) is 1. The monoisotopic (exact) mass is 199 g/mol. The fourth-order valence-electron chi connectivity index (χ4n) is 1.28. The molecule has 0 spiro atoms. The Labute approximate surface area is 86.4 Å². The Balaban J connectivity index is 4.04. The van der Waals surface area contributed by atoms with Gasteiger partial charge in [0, 0.05) is 25.6 Å². The molecule has 1 amide bonds. The lowest BCUT2D eigenvalue weighted by atomic mass is 10.2. The highest BCUT2D eigenvalue weighted by Gasteiger charge is 2.14. The maximum absolute atomic E-state index is 11.6. The quantitative estimate of drug-likeness (QED) is 0.632. The van der Waals surface area contributed by atoms with Gasteiger partial charge in [-0.25, -0.2) is 0 Å². The van der Waals surface area contributed by atoms with Crippen molar-refractivity contribution in [3.63, 3.8) is 0 Å². The van der Waals surface area contributed by atoms with E-state index in [9.17, 15) is 4.79 Å². The van der Waals surface area contributed by atoms with Crippen LogP contribution in [0.3, 0.4) is 0 Å². The van der Waals surface area contributed by atoms with Crippen LogP contribution in [-0.4, -0.2) is 35.1 Å². The van der Waals surface area contributed by atoms with Crippen molar-refractivity contribution in [2.45, 2.75) is 39.2 Å². The summed E-state index contributed by atoms with van der Waals surface area (Å²) >= 11 is 0. The molecule has 0 radical (unpaired) electrons. The van der Waals surface area contributed by atoms with E-state index in [0.29, 0.717) is 19.4 Å². The van der Waals surface area contributed by atoms with Crippen molar-refractivity contribution in [1.29, 1.82) is 0 Å². The smallest absolute Gasteiger partial charge is 0.223 e. The van der Waals surface area contributed by atoms with Crippen LogP contribution in [0.1, 0.15) is 33.1 Å². The standard InChI is InChI=1S/C11H21NO2/c1-4-5-7-11(14)12(10(2)3)8-6-9-13/h4,10,13H,1,5-9H2,2-3H3. The zero-order valence-corrected chi connectivity index (χ0v) is 9.20. The predicted octanol–water partition coefficient (Wildman–Crippen LogP) is 1.57. The summed E-state index contributed by atoms with van der Waals surface area (Å²) in [5, 5.41) is 8.70. The van der Waals surface area contributed by atoms with E-state index in [1.54, 1.807) is 11.0 Å². The number of aliphatic hydroxyl groups excluding tert-OH is 1. The van der Waals surface area contributed by atoms with E-state index in [4.69, 9.17) is 5.11 Å². The molecule has 3 heteroatoms. The van der Waals surface area contributed by atoms with E-state index < -0.39 is 0 Å². The van der Waals surface area contributed by atoms with Crippen LogP contribution in [0.15, 0.2) is 12.7 Å². The van der Waals surface area contributed by atoms with E-state index >= 15 is 0 Å². The van der Waals surface area contributed by atoms with Gasteiger partial charge in [0.15, 0.2) is 0 Å². The summed E-state index contributed by atoms with van der Waals surface area (Å²) in [6, 6.07) is 0.207. The van der Waals surface area contributed by atoms with Crippen LogP contribution in [-0.2, 0) is 4.79 Å². The number of amides is 1. The van der Waals surface area contributed by atoms with Gasteiger partial charge in [-0.2, -0.15) is 0 Å². The third-order valence-corrected chi connectivity index (χ3v) is 2.06.